The molecule has 1 fully saturated rings. The minimum absolute atomic E-state index is 0.184. The molecule has 1 aromatic heterocycles. The van der Waals surface area contributed by atoms with Crippen molar-refractivity contribution in [3.63, 3.8) is 0 Å². The minimum atomic E-state index is -0.537. The van der Waals surface area contributed by atoms with Crippen molar-refractivity contribution in [1.29, 1.82) is 0 Å². The van der Waals surface area contributed by atoms with E-state index in [-0.39, 0.29) is 12.1 Å². The smallest absolute Gasteiger partial charge is 0.410 e. The van der Waals surface area contributed by atoms with Gasteiger partial charge in [0.05, 0.1) is 23.7 Å². The maximum Gasteiger partial charge on any atom is 0.410 e. The van der Waals surface area contributed by atoms with Gasteiger partial charge in [-0.05, 0) is 45.7 Å². The van der Waals surface area contributed by atoms with E-state index >= 15 is 0 Å². The van der Waals surface area contributed by atoms with Gasteiger partial charge in [0.1, 0.15) is 17.2 Å². The Morgan fingerprint density at radius 1 is 1.38 bits per heavy atom. The largest absolute Gasteiger partial charge is 0.494 e. The molecule has 140 valence electrons. The van der Waals surface area contributed by atoms with Crippen LogP contribution >= 0.6 is 11.6 Å². The lowest BCUT2D eigenvalue weighted by atomic mass is 10.2. The first-order valence-electron chi connectivity index (χ1n) is 8.55. The molecule has 1 atom stereocenters. The molecule has 8 heteroatoms. The Hall–Kier alpha value is -2.28. The summed E-state index contributed by atoms with van der Waals surface area (Å²) in [4.78, 5) is 18.8. The topological polar surface area (TPSA) is 80.3 Å². The highest BCUT2D eigenvalue weighted by molar-refractivity contribution is 6.32. The third-order valence-corrected chi connectivity index (χ3v) is 4.41. The molecule has 0 unspecified atom stereocenters. The van der Waals surface area contributed by atoms with Gasteiger partial charge in [0.15, 0.2) is 5.82 Å². The first-order valence-corrected chi connectivity index (χ1v) is 8.93. The number of amides is 1. The lowest BCUT2D eigenvalue weighted by Crippen LogP contribution is -2.36. The number of H-pyrrole nitrogens is 1. The van der Waals surface area contributed by atoms with Crippen LogP contribution in [0.15, 0.2) is 18.2 Å². The number of hydrogen-bond acceptors (Lipinski definition) is 5. The monoisotopic (exact) mass is 378 g/mol. The number of benzene rings is 1. The molecule has 26 heavy (non-hydrogen) atoms. The van der Waals surface area contributed by atoms with Crippen molar-refractivity contribution in [1.82, 2.24) is 20.1 Å². The van der Waals surface area contributed by atoms with Gasteiger partial charge in [-0.2, -0.15) is 5.10 Å². The summed E-state index contributed by atoms with van der Waals surface area (Å²) in [6.07, 6.45) is 1.36. The van der Waals surface area contributed by atoms with Gasteiger partial charge in [-0.3, -0.25) is 10.00 Å². The number of methoxy groups -OCH3 is 1. The molecule has 2 heterocycles. The van der Waals surface area contributed by atoms with Crippen molar-refractivity contribution in [2.45, 2.75) is 45.3 Å². The maximum atomic E-state index is 12.5. The van der Waals surface area contributed by atoms with Gasteiger partial charge >= 0.3 is 6.09 Å². The molecule has 7 nitrogen and oxygen atoms in total. The second-order valence-electron chi connectivity index (χ2n) is 7.20. The van der Waals surface area contributed by atoms with Crippen LogP contribution in [0.1, 0.15) is 45.5 Å². The summed E-state index contributed by atoms with van der Waals surface area (Å²) < 4.78 is 10.9. The lowest BCUT2D eigenvalue weighted by molar-refractivity contribution is 0.0218. The summed E-state index contributed by atoms with van der Waals surface area (Å²) in [6, 6.07) is 5.23. The molecular formula is C18H23ClN4O3. The van der Waals surface area contributed by atoms with Crippen molar-refractivity contribution in [3.8, 4) is 17.1 Å². The number of aromatic amines is 1. The molecule has 0 aliphatic carbocycles. The van der Waals surface area contributed by atoms with Gasteiger partial charge in [-0.1, -0.05) is 17.7 Å². The fraction of sp³-hybridized carbons (Fsp3) is 0.500. The summed E-state index contributed by atoms with van der Waals surface area (Å²) in [7, 11) is 1.56. The molecular weight excluding hydrogens is 356 g/mol. The molecule has 0 radical (unpaired) electrons. The number of likely N-dealkylation sites (tertiary alicyclic amines) is 1. The molecule has 0 bridgehead atoms. The van der Waals surface area contributed by atoms with Gasteiger partial charge in [-0.25, -0.2) is 9.78 Å². The summed E-state index contributed by atoms with van der Waals surface area (Å²) in [6.45, 7) is 6.20. The van der Waals surface area contributed by atoms with Crippen molar-refractivity contribution < 1.29 is 14.3 Å². The van der Waals surface area contributed by atoms with Gasteiger partial charge < -0.3 is 9.47 Å². The van der Waals surface area contributed by atoms with E-state index in [9.17, 15) is 4.79 Å². The number of aromatic nitrogens is 3. The molecule has 1 amide bonds. The number of ether oxygens (including phenoxy) is 2. The van der Waals surface area contributed by atoms with E-state index in [4.69, 9.17) is 21.1 Å². The van der Waals surface area contributed by atoms with Crippen LogP contribution in [0.2, 0.25) is 5.02 Å². The summed E-state index contributed by atoms with van der Waals surface area (Å²) >= 11 is 6.18. The number of rotatable bonds is 3. The molecule has 1 saturated heterocycles. The second-order valence-corrected chi connectivity index (χ2v) is 7.60. The minimum Gasteiger partial charge on any atom is -0.494 e. The van der Waals surface area contributed by atoms with E-state index in [1.54, 1.807) is 18.1 Å². The van der Waals surface area contributed by atoms with Gasteiger partial charge in [0, 0.05) is 6.54 Å². The Bertz CT molecular complexity index is 800. The lowest BCUT2D eigenvalue weighted by Gasteiger charge is -2.27. The van der Waals surface area contributed by atoms with Crippen molar-refractivity contribution in [2.24, 2.45) is 0 Å². The highest BCUT2D eigenvalue weighted by Crippen LogP contribution is 2.36. The Morgan fingerprint density at radius 3 is 2.85 bits per heavy atom. The number of nitrogens with zero attached hydrogens (tertiary/aromatic N) is 3. The van der Waals surface area contributed by atoms with E-state index < -0.39 is 5.60 Å². The molecule has 1 aliphatic heterocycles. The SMILES string of the molecule is COc1c(Cl)cccc1-c1n[nH]c([C@@H]2CCCN2C(=O)OC(C)(C)C)n1. The fourth-order valence-corrected chi connectivity index (χ4v) is 3.28. The zero-order valence-corrected chi connectivity index (χ0v) is 16.1. The zero-order valence-electron chi connectivity index (χ0n) is 15.4. The molecule has 1 aliphatic rings. The predicted molar refractivity (Wildman–Crippen MR) is 98.3 cm³/mol. The van der Waals surface area contributed by atoms with E-state index in [0.717, 1.165) is 12.8 Å². The van der Waals surface area contributed by atoms with Gasteiger partial charge in [0.25, 0.3) is 0 Å². The van der Waals surface area contributed by atoms with E-state index in [2.05, 4.69) is 15.2 Å². The van der Waals surface area contributed by atoms with Gasteiger partial charge in [-0.15, -0.1) is 0 Å². The number of nitrogens with one attached hydrogen (secondary N) is 1. The first kappa shape index (κ1) is 18.5. The molecule has 0 saturated carbocycles. The third kappa shape index (κ3) is 3.77. The molecule has 0 spiro atoms. The summed E-state index contributed by atoms with van der Waals surface area (Å²) in [5.41, 5.74) is 0.162. The fourth-order valence-electron chi connectivity index (χ4n) is 3.03. The number of para-hydroxylation sites is 1. The molecule has 1 N–H and O–H groups in total. The molecule has 2 aromatic rings. The van der Waals surface area contributed by atoms with Crippen LogP contribution in [0, 0.1) is 0 Å². The standard InChI is InChI=1S/C18H23ClN4O3/c1-18(2,3)26-17(24)23-10-6-9-13(23)16-20-15(21-22-16)11-7-5-8-12(19)14(11)25-4/h5,7-8,13H,6,9-10H2,1-4H3,(H,20,21,22)/t13-/m0/s1. The first-order chi connectivity index (χ1) is 12.3. The number of halogens is 1. The average Bonchev–Trinajstić information content (AvgIpc) is 3.22. The second kappa shape index (κ2) is 7.15. The highest BCUT2D eigenvalue weighted by Gasteiger charge is 2.35. The molecule has 1 aromatic carbocycles. The highest BCUT2D eigenvalue weighted by atomic mass is 35.5. The van der Waals surface area contributed by atoms with Crippen molar-refractivity contribution in [2.75, 3.05) is 13.7 Å². The Labute approximate surface area is 157 Å². The third-order valence-electron chi connectivity index (χ3n) is 4.11. The van der Waals surface area contributed by atoms with Crippen LogP contribution in [0.25, 0.3) is 11.4 Å². The quantitative estimate of drug-likeness (QED) is 0.865. The van der Waals surface area contributed by atoms with Crippen LogP contribution in [0.3, 0.4) is 0 Å². The Kier molecular flexibility index (Phi) is 5.09. The van der Waals surface area contributed by atoms with Crippen LogP contribution in [0.5, 0.6) is 5.75 Å². The van der Waals surface area contributed by atoms with Crippen LogP contribution in [-0.2, 0) is 4.74 Å². The van der Waals surface area contributed by atoms with Crippen LogP contribution in [0.4, 0.5) is 4.79 Å². The number of carbonyl (C=O) groups is 1. The Balaban J connectivity index is 1.85. The molecule has 3 rings (SSSR count). The summed E-state index contributed by atoms with van der Waals surface area (Å²) in [5.74, 6) is 1.64. The normalized spacial score (nSPS) is 17.4. The average molecular weight is 379 g/mol. The van der Waals surface area contributed by atoms with E-state index in [1.807, 2.05) is 32.9 Å². The number of hydrogen-bond donors (Lipinski definition) is 1. The predicted octanol–water partition coefficient (Wildman–Crippen LogP) is 4.21. The van der Waals surface area contributed by atoms with Crippen molar-refractivity contribution in [3.05, 3.63) is 29.0 Å². The number of carbonyl (C=O) groups excluding carboxylic acids is 1. The van der Waals surface area contributed by atoms with E-state index in [1.165, 1.54) is 0 Å². The zero-order chi connectivity index (χ0) is 18.9. The van der Waals surface area contributed by atoms with Crippen LogP contribution < -0.4 is 4.74 Å². The maximum absolute atomic E-state index is 12.5. The van der Waals surface area contributed by atoms with Crippen molar-refractivity contribution >= 4 is 17.7 Å². The van der Waals surface area contributed by atoms with Gasteiger partial charge in [0.2, 0.25) is 0 Å². The summed E-state index contributed by atoms with van der Waals surface area (Å²) in [5, 5.41) is 7.74. The van der Waals surface area contributed by atoms with Crippen LogP contribution in [-0.4, -0.2) is 45.4 Å². The Morgan fingerprint density at radius 2 is 2.15 bits per heavy atom. The van der Waals surface area contributed by atoms with E-state index in [0.29, 0.717) is 34.5 Å².